The van der Waals surface area contributed by atoms with Crippen molar-refractivity contribution in [3.05, 3.63) is 24.3 Å². The number of nitrogens with zero attached hydrogens (tertiary/aromatic N) is 3. The summed E-state index contributed by atoms with van der Waals surface area (Å²) in [5, 5.41) is 0.561. The van der Waals surface area contributed by atoms with Crippen LogP contribution in [0.4, 0.5) is 5.13 Å². The van der Waals surface area contributed by atoms with Crippen LogP contribution in [0.2, 0.25) is 0 Å². The molecule has 66 valence electrons. The third-order valence-corrected chi connectivity index (χ3v) is 2.40. The van der Waals surface area contributed by atoms with Gasteiger partial charge in [0, 0.05) is 12.4 Å². The fourth-order valence-electron chi connectivity index (χ4n) is 0.999. The van der Waals surface area contributed by atoms with Gasteiger partial charge in [-0.2, -0.15) is 0 Å². The Morgan fingerprint density at radius 3 is 2.85 bits per heavy atom. The zero-order valence-electron chi connectivity index (χ0n) is 7.06. The number of aromatic nitrogens is 3. The number of rotatable bonds is 1. The lowest BCUT2D eigenvalue weighted by molar-refractivity contribution is 1.06. The second kappa shape index (κ2) is 3.10. The molecular formula is C8H8N4S. The number of anilines is 1. The predicted molar refractivity (Wildman–Crippen MR) is 52.3 cm³/mol. The standard InChI is InChI=1S/C8H8N4S/c1-5-10-3-2-6(12-5)7-4-11-8(9)13-7/h2-4H,1H3,(H2,9,11). The molecule has 2 aromatic rings. The van der Waals surface area contributed by atoms with Crippen molar-refractivity contribution in [2.24, 2.45) is 0 Å². The number of nitrogens with two attached hydrogens (primary N) is 1. The maximum atomic E-state index is 5.52. The molecule has 0 fully saturated rings. The third kappa shape index (κ3) is 1.65. The first kappa shape index (κ1) is 8.12. The summed E-state index contributed by atoms with van der Waals surface area (Å²) < 4.78 is 0. The maximum absolute atomic E-state index is 5.52. The lowest BCUT2D eigenvalue weighted by Gasteiger charge is -1.95. The monoisotopic (exact) mass is 192 g/mol. The van der Waals surface area contributed by atoms with Gasteiger partial charge in [0.1, 0.15) is 5.82 Å². The summed E-state index contributed by atoms with van der Waals surface area (Å²) in [7, 11) is 0. The van der Waals surface area contributed by atoms with Gasteiger partial charge in [-0.25, -0.2) is 15.0 Å². The van der Waals surface area contributed by atoms with E-state index >= 15 is 0 Å². The molecule has 2 N–H and O–H groups in total. The van der Waals surface area contributed by atoms with Crippen LogP contribution in [0.25, 0.3) is 10.6 Å². The normalized spacial score (nSPS) is 10.2. The van der Waals surface area contributed by atoms with Crippen molar-refractivity contribution >= 4 is 16.5 Å². The molecule has 0 saturated carbocycles. The number of aryl methyl sites for hydroxylation is 1. The van der Waals surface area contributed by atoms with E-state index in [0.29, 0.717) is 5.13 Å². The first-order chi connectivity index (χ1) is 6.25. The summed E-state index contributed by atoms with van der Waals surface area (Å²) in [6, 6.07) is 1.85. The van der Waals surface area contributed by atoms with E-state index in [4.69, 9.17) is 5.73 Å². The van der Waals surface area contributed by atoms with Crippen molar-refractivity contribution in [3.8, 4) is 10.6 Å². The minimum atomic E-state index is 0.561. The van der Waals surface area contributed by atoms with Crippen molar-refractivity contribution < 1.29 is 0 Å². The lowest BCUT2D eigenvalue weighted by atomic mass is 10.3. The van der Waals surface area contributed by atoms with Crippen LogP contribution in [-0.2, 0) is 0 Å². The molecule has 0 aromatic carbocycles. The minimum Gasteiger partial charge on any atom is -0.375 e. The van der Waals surface area contributed by atoms with Crippen molar-refractivity contribution in [2.75, 3.05) is 5.73 Å². The highest BCUT2D eigenvalue weighted by molar-refractivity contribution is 7.18. The number of nitrogen functional groups attached to an aromatic ring is 1. The summed E-state index contributed by atoms with van der Waals surface area (Å²) >= 11 is 1.43. The van der Waals surface area contributed by atoms with Gasteiger partial charge in [0.25, 0.3) is 0 Å². The number of thiazole rings is 1. The van der Waals surface area contributed by atoms with E-state index in [-0.39, 0.29) is 0 Å². The van der Waals surface area contributed by atoms with Gasteiger partial charge in [0.05, 0.1) is 10.6 Å². The highest BCUT2D eigenvalue weighted by Gasteiger charge is 2.03. The molecule has 0 bridgehead atoms. The largest absolute Gasteiger partial charge is 0.375 e. The molecule has 0 aliphatic rings. The molecule has 0 radical (unpaired) electrons. The van der Waals surface area contributed by atoms with E-state index in [1.807, 2.05) is 13.0 Å². The fourth-order valence-corrected chi connectivity index (χ4v) is 1.65. The number of hydrogen-bond acceptors (Lipinski definition) is 5. The zero-order chi connectivity index (χ0) is 9.26. The molecule has 2 rings (SSSR count). The number of hydrogen-bond donors (Lipinski definition) is 1. The molecule has 13 heavy (non-hydrogen) atoms. The highest BCUT2D eigenvalue weighted by Crippen LogP contribution is 2.24. The van der Waals surface area contributed by atoms with Crippen LogP contribution < -0.4 is 5.73 Å². The van der Waals surface area contributed by atoms with Gasteiger partial charge in [0.15, 0.2) is 5.13 Å². The Morgan fingerprint density at radius 2 is 2.23 bits per heavy atom. The molecule has 5 heteroatoms. The van der Waals surface area contributed by atoms with E-state index in [1.165, 1.54) is 11.3 Å². The molecule has 0 aliphatic heterocycles. The molecule has 2 aromatic heterocycles. The molecule has 0 amide bonds. The first-order valence-electron chi connectivity index (χ1n) is 3.77. The van der Waals surface area contributed by atoms with Crippen LogP contribution >= 0.6 is 11.3 Å². The Hall–Kier alpha value is -1.49. The molecule has 0 aliphatic carbocycles. The van der Waals surface area contributed by atoms with Gasteiger partial charge in [-0.1, -0.05) is 11.3 Å². The summed E-state index contributed by atoms with van der Waals surface area (Å²) in [5.41, 5.74) is 6.39. The quantitative estimate of drug-likeness (QED) is 0.743. The van der Waals surface area contributed by atoms with Crippen LogP contribution in [0, 0.1) is 6.92 Å². The Morgan fingerprint density at radius 1 is 1.38 bits per heavy atom. The lowest BCUT2D eigenvalue weighted by Crippen LogP contribution is -1.87. The Bertz CT molecular complexity index is 424. The molecule has 4 nitrogen and oxygen atoms in total. The molecule has 0 atom stereocenters. The van der Waals surface area contributed by atoms with Crippen molar-refractivity contribution in [3.63, 3.8) is 0 Å². The van der Waals surface area contributed by atoms with Gasteiger partial charge in [-0.3, -0.25) is 0 Å². The van der Waals surface area contributed by atoms with E-state index in [0.717, 1.165) is 16.4 Å². The second-order valence-corrected chi connectivity index (χ2v) is 3.61. The van der Waals surface area contributed by atoms with Gasteiger partial charge >= 0.3 is 0 Å². The molecule has 0 spiro atoms. The Kier molecular flexibility index (Phi) is 1.94. The van der Waals surface area contributed by atoms with Gasteiger partial charge in [0.2, 0.25) is 0 Å². The minimum absolute atomic E-state index is 0.561. The molecular weight excluding hydrogens is 184 g/mol. The molecule has 0 saturated heterocycles. The topological polar surface area (TPSA) is 64.7 Å². The third-order valence-electron chi connectivity index (χ3n) is 1.55. The first-order valence-corrected chi connectivity index (χ1v) is 4.58. The van der Waals surface area contributed by atoms with Crippen LogP contribution in [-0.4, -0.2) is 15.0 Å². The van der Waals surface area contributed by atoms with E-state index in [9.17, 15) is 0 Å². The average molecular weight is 192 g/mol. The van der Waals surface area contributed by atoms with Crippen molar-refractivity contribution in [2.45, 2.75) is 6.92 Å². The molecule has 2 heterocycles. The van der Waals surface area contributed by atoms with Crippen LogP contribution in [0.15, 0.2) is 18.5 Å². The van der Waals surface area contributed by atoms with Gasteiger partial charge in [-0.05, 0) is 13.0 Å². The SMILES string of the molecule is Cc1nccc(-c2cnc(N)s2)n1. The zero-order valence-corrected chi connectivity index (χ0v) is 7.88. The van der Waals surface area contributed by atoms with Gasteiger partial charge in [-0.15, -0.1) is 0 Å². The van der Waals surface area contributed by atoms with Crippen molar-refractivity contribution in [1.82, 2.24) is 15.0 Å². The van der Waals surface area contributed by atoms with E-state index < -0.39 is 0 Å². The highest BCUT2D eigenvalue weighted by atomic mass is 32.1. The van der Waals surface area contributed by atoms with Crippen molar-refractivity contribution in [1.29, 1.82) is 0 Å². The van der Waals surface area contributed by atoms with Crippen LogP contribution in [0.3, 0.4) is 0 Å². The summed E-state index contributed by atoms with van der Waals surface area (Å²) in [5.74, 6) is 0.754. The fraction of sp³-hybridized carbons (Fsp3) is 0.125. The Balaban J connectivity index is 2.46. The summed E-state index contributed by atoms with van der Waals surface area (Å²) in [6.07, 6.45) is 3.45. The predicted octanol–water partition coefficient (Wildman–Crippen LogP) is 1.49. The maximum Gasteiger partial charge on any atom is 0.180 e. The van der Waals surface area contributed by atoms with E-state index in [2.05, 4.69) is 15.0 Å². The summed E-state index contributed by atoms with van der Waals surface area (Å²) in [4.78, 5) is 13.2. The smallest absolute Gasteiger partial charge is 0.180 e. The average Bonchev–Trinajstić information content (AvgIpc) is 2.52. The van der Waals surface area contributed by atoms with Crippen LogP contribution in [0.5, 0.6) is 0 Å². The van der Waals surface area contributed by atoms with Gasteiger partial charge < -0.3 is 5.73 Å². The molecule has 0 unspecified atom stereocenters. The van der Waals surface area contributed by atoms with Crippen LogP contribution in [0.1, 0.15) is 5.82 Å². The Labute approximate surface area is 79.5 Å². The summed E-state index contributed by atoms with van der Waals surface area (Å²) in [6.45, 7) is 1.86. The van der Waals surface area contributed by atoms with E-state index in [1.54, 1.807) is 12.4 Å². The second-order valence-electron chi connectivity index (χ2n) is 2.55.